The van der Waals surface area contributed by atoms with Crippen LogP contribution in [0.4, 0.5) is 0 Å². The predicted molar refractivity (Wildman–Crippen MR) is 46.2 cm³/mol. The molecule has 0 aromatic heterocycles. The fourth-order valence-electron chi connectivity index (χ4n) is 0.562. The SMILES string of the molecule is CC.CC1=CNC(C)C=N1. The first kappa shape index (κ1) is 9.21. The molecule has 0 radical (unpaired) electrons. The van der Waals surface area contributed by atoms with Gasteiger partial charge in [-0.25, -0.2) is 0 Å². The largest absolute Gasteiger partial charge is 0.382 e. The van der Waals surface area contributed by atoms with E-state index in [0.29, 0.717) is 6.04 Å². The fraction of sp³-hybridized carbons (Fsp3) is 0.625. The fourth-order valence-corrected chi connectivity index (χ4v) is 0.562. The van der Waals surface area contributed by atoms with Crippen LogP contribution in [0.1, 0.15) is 27.7 Å². The summed E-state index contributed by atoms with van der Waals surface area (Å²) in [5.74, 6) is 0. The molecule has 0 fully saturated rings. The summed E-state index contributed by atoms with van der Waals surface area (Å²) >= 11 is 0. The zero-order chi connectivity index (χ0) is 7.98. The summed E-state index contributed by atoms with van der Waals surface area (Å²) < 4.78 is 0. The minimum absolute atomic E-state index is 0.402. The lowest BCUT2D eigenvalue weighted by molar-refractivity contribution is 0.794. The molecule has 0 saturated carbocycles. The van der Waals surface area contributed by atoms with Crippen molar-refractivity contribution in [2.45, 2.75) is 33.7 Å². The van der Waals surface area contributed by atoms with Crippen molar-refractivity contribution in [1.82, 2.24) is 5.32 Å². The molecular weight excluding hydrogens is 124 g/mol. The highest BCUT2D eigenvalue weighted by atomic mass is 14.9. The van der Waals surface area contributed by atoms with Gasteiger partial charge in [0.1, 0.15) is 0 Å². The molecule has 1 unspecified atom stereocenters. The summed E-state index contributed by atoms with van der Waals surface area (Å²) in [7, 11) is 0. The van der Waals surface area contributed by atoms with E-state index >= 15 is 0 Å². The van der Waals surface area contributed by atoms with E-state index in [1.165, 1.54) is 0 Å². The van der Waals surface area contributed by atoms with E-state index in [9.17, 15) is 0 Å². The molecule has 1 atom stereocenters. The van der Waals surface area contributed by atoms with E-state index in [0.717, 1.165) is 5.70 Å². The van der Waals surface area contributed by atoms with Crippen molar-refractivity contribution in [3.63, 3.8) is 0 Å². The first-order valence-corrected chi connectivity index (χ1v) is 3.76. The van der Waals surface area contributed by atoms with Gasteiger partial charge in [0.15, 0.2) is 0 Å². The molecule has 1 heterocycles. The average molecular weight is 140 g/mol. The molecule has 0 saturated heterocycles. The molecule has 0 amide bonds. The molecule has 1 N–H and O–H groups in total. The van der Waals surface area contributed by atoms with Crippen molar-refractivity contribution in [3.05, 3.63) is 11.9 Å². The van der Waals surface area contributed by atoms with Gasteiger partial charge in [-0.05, 0) is 13.8 Å². The van der Waals surface area contributed by atoms with Gasteiger partial charge in [0.05, 0.1) is 11.7 Å². The summed E-state index contributed by atoms with van der Waals surface area (Å²) in [5.41, 5.74) is 1.04. The zero-order valence-electron chi connectivity index (χ0n) is 7.18. The van der Waals surface area contributed by atoms with E-state index in [-0.39, 0.29) is 0 Å². The lowest BCUT2D eigenvalue weighted by atomic mass is 10.3. The molecule has 1 aliphatic rings. The second-order valence-corrected chi connectivity index (χ2v) is 2.02. The van der Waals surface area contributed by atoms with Gasteiger partial charge >= 0.3 is 0 Å². The van der Waals surface area contributed by atoms with E-state index < -0.39 is 0 Å². The normalized spacial score (nSPS) is 22.0. The summed E-state index contributed by atoms with van der Waals surface area (Å²) in [4.78, 5) is 4.08. The number of nitrogens with zero attached hydrogens (tertiary/aromatic N) is 1. The maximum Gasteiger partial charge on any atom is 0.0583 e. The Kier molecular flexibility index (Phi) is 4.63. The van der Waals surface area contributed by atoms with Crippen molar-refractivity contribution in [2.24, 2.45) is 4.99 Å². The van der Waals surface area contributed by atoms with Crippen LogP contribution in [0, 0.1) is 0 Å². The minimum atomic E-state index is 0.402. The number of hydrogen-bond donors (Lipinski definition) is 1. The van der Waals surface area contributed by atoms with Crippen molar-refractivity contribution >= 4 is 6.21 Å². The molecule has 0 aromatic carbocycles. The monoisotopic (exact) mass is 140 g/mol. The molecule has 2 nitrogen and oxygen atoms in total. The first-order valence-electron chi connectivity index (χ1n) is 3.76. The van der Waals surface area contributed by atoms with E-state index in [1.54, 1.807) is 0 Å². The Morgan fingerprint density at radius 2 is 2.10 bits per heavy atom. The molecule has 10 heavy (non-hydrogen) atoms. The third kappa shape index (κ3) is 3.28. The van der Waals surface area contributed by atoms with Crippen LogP contribution in [0.3, 0.4) is 0 Å². The van der Waals surface area contributed by atoms with Crippen LogP contribution in [-0.4, -0.2) is 12.3 Å². The highest BCUT2D eigenvalue weighted by Gasteiger charge is 1.96. The van der Waals surface area contributed by atoms with Crippen LogP contribution in [0.5, 0.6) is 0 Å². The average Bonchev–Trinajstić information content (AvgIpc) is 2.00. The third-order valence-corrected chi connectivity index (χ3v) is 1.06. The lowest BCUT2D eigenvalue weighted by Crippen LogP contribution is -2.24. The summed E-state index contributed by atoms with van der Waals surface area (Å²) in [6.45, 7) is 8.03. The van der Waals surface area contributed by atoms with Crippen molar-refractivity contribution in [2.75, 3.05) is 0 Å². The quantitative estimate of drug-likeness (QED) is 0.546. The van der Waals surface area contributed by atoms with Crippen molar-refractivity contribution < 1.29 is 0 Å². The predicted octanol–water partition coefficient (Wildman–Crippen LogP) is 1.94. The minimum Gasteiger partial charge on any atom is -0.382 e. The second kappa shape index (κ2) is 5.03. The Bertz CT molecular complexity index is 136. The number of allylic oxidation sites excluding steroid dienone is 1. The maximum absolute atomic E-state index is 4.08. The number of hydrogen-bond acceptors (Lipinski definition) is 2. The van der Waals surface area contributed by atoms with Crippen LogP contribution < -0.4 is 5.32 Å². The molecule has 58 valence electrons. The second-order valence-electron chi connectivity index (χ2n) is 2.02. The van der Waals surface area contributed by atoms with Gasteiger partial charge < -0.3 is 5.32 Å². The molecular formula is C8H16N2. The number of rotatable bonds is 0. The maximum atomic E-state index is 4.08. The van der Waals surface area contributed by atoms with Gasteiger partial charge in [0.25, 0.3) is 0 Å². The molecule has 2 heteroatoms. The summed E-state index contributed by atoms with van der Waals surface area (Å²) in [6.07, 6.45) is 3.82. The summed E-state index contributed by atoms with van der Waals surface area (Å²) in [6, 6.07) is 0.402. The zero-order valence-corrected chi connectivity index (χ0v) is 7.18. The van der Waals surface area contributed by atoms with Gasteiger partial charge in [0, 0.05) is 12.4 Å². The molecule has 1 aliphatic heterocycles. The first-order chi connectivity index (χ1) is 4.79. The topological polar surface area (TPSA) is 24.4 Å². The van der Waals surface area contributed by atoms with E-state index in [1.807, 2.05) is 33.2 Å². The highest BCUT2D eigenvalue weighted by Crippen LogP contribution is 1.96. The highest BCUT2D eigenvalue weighted by molar-refractivity contribution is 5.66. The Hall–Kier alpha value is -0.790. The van der Waals surface area contributed by atoms with Crippen molar-refractivity contribution in [3.8, 4) is 0 Å². The summed E-state index contributed by atoms with van der Waals surface area (Å²) in [5, 5.41) is 3.12. The standard InChI is InChI=1S/C6H10N2.C2H6/c1-5-3-8-6(2)4-7-5;1-2/h3-5,7H,1-2H3;1-2H3. The number of aliphatic imine (C=N–C) groups is 1. The lowest BCUT2D eigenvalue weighted by Gasteiger charge is -2.09. The van der Waals surface area contributed by atoms with Crippen LogP contribution in [0.2, 0.25) is 0 Å². The Balaban J connectivity index is 0.000000371. The van der Waals surface area contributed by atoms with Gasteiger partial charge in [-0.1, -0.05) is 13.8 Å². The van der Waals surface area contributed by atoms with Gasteiger partial charge in [0.2, 0.25) is 0 Å². The molecule has 0 spiro atoms. The van der Waals surface area contributed by atoms with Gasteiger partial charge in [-0.3, -0.25) is 4.99 Å². The van der Waals surface area contributed by atoms with Gasteiger partial charge in [-0.2, -0.15) is 0 Å². The Morgan fingerprint density at radius 1 is 1.50 bits per heavy atom. The number of nitrogens with one attached hydrogen (secondary N) is 1. The van der Waals surface area contributed by atoms with Crippen LogP contribution in [0.25, 0.3) is 0 Å². The van der Waals surface area contributed by atoms with E-state index in [4.69, 9.17) is 0 Å². The molecule has 1 rings (SSSR count). The van der Waals surface area contributed by atoms with Crippen molar-refractivity contribution in [1.29, 1.82) is 0 Å². The van der Waals surface area contributed by atoms with Gasteiger partial charge in [-0.15, -0.1) is 0 Å². The van der Waals surface area contributed by atoms with Crippen LogP contribution in [0.15, 0.2) is 16.9 Å². The molecule has 0 bridgehead atoms. The van der Waals surface area contributed by atoms with Crippen LogP contribution >= 0.6 is 0 Å². The molecule has 0 aromatic rings. The smallest absolute Gasteiger partial charge is 0.0583 e. The van der Waals surface area contributed by atoms with E-state index in [2.05, 4.69) is 17.2 Å². The Labute approximate surface area is 63.0 Å². The Morgan fingerprint density at radius 3 is 2.40 bits per heavy atom. The van der Waals surface area contributed by atoms with Crippen LogP contribution in [-0.2, 0) is 0 Å². The molecule has 0 aliphatic carbocycles. The third-order valence-electron chi connectivity index (χ3n) is 1.06.